The lowest BCUT2D eigenvalue weighted by Crippen LogP contribution is -2.00. The van der Waals surface area contributed by atoms with Crippen LogP contribution in [0.2, 0.25) is 0 Å². The quantitative estimate of drug-likeness (QED) is 0.515. The number of nitrogen functional groups attached to an aromatic ring is 1. The molecule has 19 heavy (non-hydrogen) atoms. The van der Waals surface area contributed by atoms with E-state index in [1.54, 1.807) is 19.4 Å². The molecule has 0 heterocycles. The van der Waals surface area contributed by atoms with Gasteiger partial charge in [0.05, 0.1) is 12.8 Å². The summed E-state index contributed by atoms with van der Waals surface area (Å²) in [6.07, 6.45) is 1.73. The molecule has 3 nitrogen and oxygen atoms in total. The first-order valence-corrected chi connectivity index (χ1v) is 5.94. The molecule has 0 aromatic heterocycles. The minimum absolute atomic E-state index is 0.664. The lowest BCUT2D eigenvalue weighted by atomic mass is 9.94. The summed E-state index contributed by atoms with van der Waals surface area (Å²) >= 11 is 0. The molecule has 2 aromatic rings. The molecule has 2 radical (unpaired) electrons. The summed E-state index contributed by atoms with van der Waals surface area (Å²) in [5, 5.41) is 0. The van der Waals surface area contributed by atoms with Crippen LogP contribution in [0.3, 0.4) is 0 Å². The first-order chi connectivity index (χ1) is 9.10. The van der Waals surface area contributed by atoms with E-state index in [4.69, 9.17) is 18.3 Å². The van der Waals surface area contributed by atoms with Crippen LogP contribution in [0.1, 0.15) is 11.1 Å². The zero-order chi connectivity index (χ0) is 13.8. The number of anilines is 1. The Bertz CT molecular complexity index is 624. The van der Waals surface area contributed by atoms with Crippen LogP contribution in [0.15, 0.2) is 41.4 Å². The van der Waals surface area contributed by atoms with Gasteiger partial charge >= 0.3 is 0 Å². The van der Waals surface area contributed by atoms with Crippen molar-refractivity contribution in [3.63, 3.8) is 0 Å². The van der Waals surface area contributed by atoms with E-state index >= 15 is 0 Å². The van der Waals surface area contributed by atoms with Crippen molar-refractivity contribution in [3.8, 4) is 5.75 Å². The maximum Gasteiger partial charge on any atom is 0.119 e. The van der Waals surface area contributed by atoms with E-state index in [1.165, 1.54) is 0 Å². The fourth-order valence-corrected chi connectivity index (χ4v) is 1.75. The van der Waals surface area contributed by atoms with Crippen LogP contribution in [-0.4, -0.2) is 21.2 Å². The molecule has 0 saturated heterocycles. The summed E-state index contributed by atoms with van der Waals surface area (Å²) < 4.78 is 5.17. The van der Waals surface area contributed by atoms with Crippen LogP contribution in [0, 0.1) is 6.92 Å². The Balaban J connectivity index is 2.32. The molecule has 0 unspecified atom stereocenters. The molecule has 0 bridgehead atoms. The van der Waals surface area contributed by atoms with Crippen molar-refractivity contribution in [2.75, 3.05) is 12.8 Å². The van der Waals surface area contributed by atoms with Crippen LogP contribution in [0.5, 0.6) is 5.75 Å². The van der Waals surface area contributed by atoms with E-state index in [0.29, 0.717) is 5.69 Å². The average molecular weight is 250 g/mol. The Morgan fingerprint density at radius 3 is 2.68 bits per heavy atom. The molecule has 0 atom stereocenters. The van der Waals surface area contributed by atoms with E-state index in [-0.39, 0.29) is 0 Å². The van der Waals surface area contributed by atoms with Crippen LogP contribution in [0.25, 0.3) is 0 Å². The molecule has 0 fully saturated rings. The highest BCUT2D eigenvalue weighted by atomic mass is 16.5. The smallest absolute Gasteiger partial charge is 0.119 e. The molecule has 2 rings (SSSR count). The Morgan fingerprint density at radius 2 is 2.00 bits per heavy atom. The van der Waals surface area contributed by atoms with Gasteiger partial charge in [-0.25, -0.2) is 0 Å². The molecule has 0 amide bonds. The van der Waals surface area contributed by atoms with Crippen molar-refractivity contribution < 1.29 is 4.74 Å². The van der Waals surface area contributed by atoms with Crippen LogP contribution in [0.4, 0.5) is 11.4 Å². The predicted octanol–water partition coefficient (Wildman–Crippen LogP) is 2.13. The second-order valence-corrected chi connectivity index (χ2v) is 4.30. The standard InChI is InChI=1S/C15H15BN2O/c1-10-7-12(16)3-6-15(10)18-9-11-8-13(19-2)4-5-14(11)17/h3-9H,17H2,1-2H3. The third-order valence-corrected chi connectivity index (χ3v) is 2.86. The van der Waals surface area contributed by atoms with E-state index in [0.717, 1.165) is 28.0 Å². The summed E-state index contributed by atoms with van der Waals surface area (Å²) in [5.74, 6) is 0.754. The van der Waals surface area contributed by atoms with Gasteiger partial charge in [0.15, 0.2) is 0 Å². The van der Waals surface area contributed by atoms with Gasteiger partial charge in [-0.2, -0.15) is 0 Å². The Morgan fingerprint density at radius 1 is 1.21 bits per heavy atom. The van der Waals surface area contributed by atoms with Crippen molar-refractivity contribution >= 4 is 30.9 Å². The molecule has 0 aliphatic heterocycles. The number of aryl methyl sites for hydroxylation is 1. The zero-order valence-corrected chi connectivity index (χ0v) is 11.1. The maximum atomic E-state index is 5.90. The molecule has 0 spiro atoms. The minimum atomic E-state index is 0.664. The van der Waals surface area contributed by atoms with E-state index in [1.807, 2.05) is 37.3 Å². The number of rotatable bonds is 3. The topological polar surface area (TPSA) is 47.6 Å². The van der Waals surface area contributed by atoms with Gasteiger partial charge in [-0.05, 0) is 36.8 Å². The van der Waals surface area contributed by atoms with Crippen molar-refractivity contribution in [1.29, 1.82) is 0 Å². The maximum absolute atomic E-state index is 5.90. The molecule has 0 aliphatic carbocycles. The number of nitrogens with two attached hydrogens (primary N) is 1. The van der Waals surface area contributed by atoms with Crippen LogP contribution in [-0.2, 0) is 0 Å². The number of hydrogen-bond donors (Lipinski definition) is 1. The summed E-state index contributed by atoms with van der Waals surface area (Å²) in [5.41, 5.74) is 10.0. The Hall–Kier alpha value is -2.23. The van der Waals surface area contributed by atoms with Gasteiger partial charge < -0.3 is 10.5 Å². The highest BCUT2D eigenvalue weighted by molar-refractivity contribution is 6.32. The van der Waals surface area contributed by atoms with Gasteiger partial charge in [-0.1, -0.05) is 17.6 Å². The van der Waals surface area contributed by atoms with Gasteiger partial charge in [0.2, 0.25) is 0 Å². The minimum Gasteiger partial charge on any atom is -0.497 e. The Labute approximate surface area is 114 Å². The molecule has 4 heteroatoms. The predicted molar refractivity (Wildman–Crippen MR) is 81.2 cm³/mol. The molecular weight excluding hydrogens is 235 g/mol. The number of hydrogen-bond acceptors (Lipinski definition) is 3. The molecule has 0 saturated carbocycles. The van der Waals surface area contributed by atoms with Crippen molar-refractivity contribution in [1.82, 2.24) is 0 Å². The van der Waals surface area contributed by atoms with Crippen LogP contribution >= 0.6 is 0 Å². The lowest BCUT2D eigenvalue weighted by molar-refractivity contribution is 0.415. The van der Waals surface area contributed by atoms with Gasteiger partial charge in [-0.15, -0.1) is 0 Å². The molecular formula is C15H15BN2O. The fourth-order valence-electron chi connectivity index (χ4n) is 1.75. The van der Waals surface area contributed by atoms with Gasteiger partial charge in [0, 0.05) is 17.5 Å². The zero-order valence-electron chi connectivity index (χ0n) is 11.1. The fraction of sp³-hybridized carbons (Fsp3) is 0.133. The van der Waals surface area contributed by atoms with Gasteiger partial charge in [0.25, 0.3) is 0 Å². The molecule has 2 N–H and O–H groups in total. The first kappa shape index (κ1) is 13.2. The van der Waals surface area contributed by atoms with Crippen molar-refractivity contribution in [2.24, 2.45) is 4.99 Å². The number of nitrogens with zero attached hydrogens (tertiary/aromatic N) is 1. The van der Waals surface area contributed by atoms with E-state index in [9.17, 15) is 0 Å². The highest BCUT2D eigenvalue weighted by Gasteiger charge is 2.00. The van der Waals surface area contributed by atoms with Crippen molar-refractivity contribution in [2.45, 2.75) is 6.92 Å². The van der Waals surface area contributed by atoms with E-state index in [2.05, 4.69) is 4.99 Å². The number of methoxy groups -OCH3 is 1. The third-order valence-electron chi connectivity index (χ3n) is 2.86. The Kier molecular flexibility index (Phi) is 3.90. The summed E-state index contributed by atoms with van der Waals surface area (Å²) in [6.45, 7) is 1.97. The molecule has 0 aliphatic rings. The van der Waals surface area contributed by atoms with E-state index < -0.39 is 0 Å². The van der Waals surface area contributed by atoms with Crippen LogP contribution < -0.4 is 15.9 Å². The SMILES string of the molecule is [B]c1ccc(N=Cc2cc(OC)ccc2N)c(C)c1. The van der Waals surface area contributed by atoms with Crippen molar-refractivity contribution in [3.05, 3.63) is 47.5 Å². The molecule has 94 valence electrons. The van der Waals surface area contributed by atoms with Gasteiger partial charge in [-0.3, -0.25) is 4.99 Å². The monoisotopic (exact) mass is 250 g/mol. The lowest BCUT2D eigenvalue weighted by Gasteiger charge is -2.05. The normalized spacial score (nSPS) is 10.8. The number of aliphatic imine (C=N–C) groups is 1. The summed E-state index contributed by atoms with van der Waals surface area (Å²) in [7, 11) is 7.33. The largest absolute Gasteiger partial charge is 0.497 e. The summed E-state index contributed by atoms with van der Waals surface area (Å²) in [6, 6.07) is 11.1. The number of benzene rings is 2. The third kappa shape index (κ3) is 3.16. The second kappa shape index (κ2) is 5.61. The first-order valence-electron chi connectivity index (χ1n) is 5.94. The number of ether oxygens (including phenoxy) is 1. The highest BCUT2D eigenvalue weighted by Crippen LogP contribution is 2.20. The second-order valence-electron chi connectivity index (χ2n) is 4.30. The summed E-state index contributed by atoms with van der Waals surface area (Å²) in [4.78, 5) is 4.44. The average Bonchev–Trinajstić information content (AvgIpc) is 2.39. The molecule has 2 aromatic carbocycles. The van der Waals surface area contributed by atoms with Gasteiger partial charge in [0.1, 0.15) is 13.6 Å².